The van der Waals surface area contributed by atoms with Crippen molar-refractivity contribution in [1.29, 1.82) is 0 Å². The highest BCUT2D eigenvalue weighted by atomic mass is 32.1. The van der Waals surface area contributed by atoms with Crippen molar-refractivity contribution in [3.63, 3.8) is 0 Å². The third-order valence-corrected chi connectivity index (χ3v) is 6.32. The lowest BCUT2D eigenvalue weighted by Crippen LogP contribution is -2.50. The van der Waals surface area contributed by atoms with Crippen LogP contribution in [0.2, 0.25) is 0 Å². The minimum absolute atomic E-state index is 0.255. The lowest BCUT2D eigenvalue weighted by molar-refractivity contribution is -0.121. The zero-order chi connectivity index (χ0) is 22.4. The molecule has 0 spiro atoms. The predicted octanol–water partition coefficient (Wildman–Crippen LogP) is 4.32. The minimum Gasteiger partial charge on any atom is -0.324 e. The van der Waals surface area contributed by atoms with Crippen molar-refractivity contribution in [3.05, 3.63) is 77.4 Å². The van der Waals surface area contributed by atoms with Gasteiger partial charge in [-0.1, -0.05) is 38.1 Å². The van der Waals surface area contributed by atoms with E-state index >= 15 is 0 Å². The van der Waals surface area contributed by atoms with Gasteiger partial charge in [0.15, 0.2) is 4.96 Å². The second-order valence-corrected chi connectivity index (χ2v) is 8.87. The van der Waals surface area contributed by atoms with E-state index in [9.17, 15) is 14.4 Å². The van der Waals surface area contributed by atoms with E-state index in [0.29, 0.717) is 16.8 Å². The predicted molar refractivity (Wildman–Crippen MR) is 123 cm³/mol. The fourth-order valence-electron chi connectivity index (χ4n) is 3.99. The maximum atomic E-state index is 13.1. The van der Waals surface area contributed by atoms with Crippen LogP contribution in [0.15, 0.2) is 66.3 Å². The standard InChI is InChI=1S/C24H20N4O3S/c1-14(2)20(28-22(30)17-5-3-4-6-18(17)23(28)31)21(29)25-16-9-7-15(8-10-16)19-13-27-11-12-32-24(27)26-19/h3-14,20H,1-2H3,(H,25,29). The average Bonchev–Trinajstić information content (AvgIpc) is 3.44. The van der Waals surface area contributed by atoms with Crippen molar-refractivity contribution in [3.8, 4) is 11.3 Å². The summed E-state index contributed by atoms with van der Waals surface area (Å²) in [7, 11) is 0. The number of hydrogen-bond donors (Lipinski definition) is 1. The smallest absolute Gasteiger partial charge is 0.262 e. The first-order valence-electron chi connectivity index (χ1n) is 10.2. The van der Waals surface area contributed by atoms with E-state index < -0.39 is 23.8 Å². The van der Waals surface area contributed by atoms with Crippen LogP contribution >= 0.6 is 11.3 Å². The van der Waals surface area contributed by atoms with Crippen LogP contribution in [0.4, 0.5) is 5.69 Å². The number of imidazole rings is 1. The van der Waals surface area contributed by atoms with Gasteiger partial charge in [-0.2, -0.15) is 0 Å². The Morgan fingerprint density at radius 3 is 2.25 bits per heavy atom. The molecule has 3 heterocycles. The Balaban J connectivity index is 1.36. The van der Waals surface area contributed by atoms with Gasteiger partial charge in [-0.05, 0) is 30.2 Å². The van der Waals surface area contributed by atoms with Crippen molar-refractivity contribution < 1.29 is 14.4 Å². The lowest BCUT2D eigenvalue weighted by Gasteiger charge is -2.28. The fourth-order valence-corrected chi connectivity index (χ4v) is 4.69. The molecule has 0 fully saturated rings. The van der Waals surface area contributed by atoms with Crippen molar-refractivity contribution in [2.24, 2.45) is 5.92 Å². The zero-order valence-electron chi connectivity index (χ0n) is 17.5. The third-order valence-electron chi connectivity index (χ3n) is 5.55. The van der Waals surface area contributed by atoms with Gasteiger partial charge in [0.1, 0.15) is 6.04 Å². The molecule has 4 aromatic rings. The third kappa shape index (κ3) is 3.29. The van der Waals surface area contributed by atoms with E-state index in [1.165, 1.54) is 0 Å². The summed E-state index contributed by atoms with van der Waals surface area (Å²) >= 11 is 1.56. The number of nitrogens with one attached hydrogen (secondary N) is 1. The molecule has 7 nitrogen and oxygen atoms in total. The zero-order valence-corrected chi connectivity index (χ0v) is 18.3. The second-order valence-electron chi connectivity index (χ2n) is 8.00. The molecule has 0 saturated heterocycles. The van der Waals surface area contributed by atoms with Gasteiger partial charge >= 0.3 is 0 Å². The molecule has 1 atom stereocenters. The number of benzene rings is 2. The minimum atomic E-state index is -0.915. The van der Waals surface area contributed by atoms with Gasteiger partial charge in [0.25, 0.3) is 11.8 Å². The monoisotopic (exact) mass is 444 g/mol. The van der Waals surface area contributed by atoms with Gasteiger partial charge in [-0.3, -0.25) is 23.7 Å². The fraction of sp³-hybridized carbons (Fsp3) is 0.167. The molecule has 8 heteroatoms. The highest BCUT2D eigenvalue weighted by molar-refractivity contribution is 7.15. The average molecular weight is 445 g/mol. The normalized spacial score (nSPS) is 14.3. The summed E-state index contributed by atoms with van der Waals surface area (Å²) in [5, 5.41) is 4.84. The molecular weight excluding hydrogens is 424 g/mol. The highest BCUT2D eigenvalue weighted by Crippen LogP contribution is 2.28. The van der Waals surface area contributed by atoms with Crippen LogP contribution in [0.3, 0.4) is 0 Å². The first-order chi connectivity index (χ1) is 15.4. The van der Waals surface area contributed by atoms with E-state index in [1.54, 1.807) is 47.7 Å². The van der Waals surface area contributed by atoms with E-state index in [-0.39, 0.29) is 5.92 Å². The van der Waals surface area contributed by atoms with E-state index in [0.717, 1.165) is 21.1 Å². The molecule has 32 heavy (non-hydrogen) atoms. The lowest BCUT2D eigenvalue weighted by atomic mass is 10.0. The largest absolute Gasteiger partial charge is 0.324 e. The summed E-state index contributed by atoms with van der Waals surface area (Å²) in [5.41, 5.74) is 3.03. The molecule has 1 unspecified atom stereocenters. The Morgan fingerprint density at radius 1 is 1.00 bits per heavy atom. The number of amides is 3. The number of nitrogens with zero attached hydrogens (tertiary/aromatic N) is 3. The van der Waals surface area contributed by atoms with Crippen molar-refractivity contribution in [2.45, 2.75) is 19.9 Å². The molecule has 2 aromatic carbocycles. The van der Waals surface area contributed by atoms with Gasteiger partial charge in [-0.15, -0.1) is 11.3 Å². The molecule has 0 saturated carbocycles. The number of aromatic nitrogens is 2. The van der Waals surface area contributed by atoms with Crippen molar-refractivity contribution in [1.82, 2.24) is 14.3 Å². The molecule has 1 N–H and O–H groups in total. The SMILES string of the molecule is CC(C)C(C(=O)Nc1ccc(-c2cn3ccsc3n2)cc1)N1C(=O)c2ccccc2C1=O. The number of rotatable bonds is 5. The number of carbonyl (C=O) groups is 3. The Kier molecular flexibility index (Phi) is 4.86. The molecule has 1 aliphatic rings. The number of hydrogen-bond acceptors (Lipinski definition) is 5. The first-order valence-corrected chi connectivity index (χ1v) is 11.1. The maximum Gasteiger partial charge on any atom is 0.262 e. The Hall–Kier alpha value is -3.78. The Labute approximate surface area is 188 Å². The topological polar surface area (TPSA) is 83.8 Å². The summed E-state index contributed by atoms with van der Waals surface area (Å²) in [4.78, 5) is 45.5. The number of carbonyl (C=O) groups excluding carboxylic acids is 3. The first kappa shape index (κ1) is 20.1. The van der Waals surface area contributed by atoms with Crippen molar-refractivity contribution >= 4 is 39.7 Å². The highest BCUT2D eigenvalue weighted by Gasteiger charge is 2.43. The Bertz CT molecular complexity index is 1290. The van der Waals surface area contributed by atoms with E-state index in [2.05, 4.69) is 10.3 Å². The summed E-state index contributed by atoms with van der Waals surface area (Å²) in [6.07, 6.45) is 3.91. The van der Waals surface area contributed by atoms with Crippen LogP contribution < -0.4 is 5.32 Å². The summed E-state index contributed by atoms with van der Waals surface area (Å²) in [6.45, 7) is 3.64. The molecule has 3 amide bonds. The molecule has 2 aromatic heterocycles. The van der Waals surface area contributed by atoms with Crippen LogP contribution in [0, 0.1) is 5.92 Å². The molecule has 0 bridgehead atoms. The van der Waals surface area contributed by atoms with Crippen LogP contribution in [-0.2, 0) is 4.79 Å². The number of imide groups is 1. The molecule has 5 rings (SSSR count). The van der Waals surface area contributed by atoms with Crippen LogP contribution in [0.25, 0.3) is 16.2 Å². The number of thiazole rings is 1. The number of fused-ring (bicyclic) bond motifs is 2. The van der Waals surface area contributed by atoms with Gasteiger partial charge in [0, 0.05) is 29.0 Å². The summed E-state index contributed by atoms with van der Waals surface area (Å²) in [5.74, 6) is -1.52. The van der Waals surface area contributed by atoms with Crippen LogP contribution in [-0.4, -0.2) is 38.0 Å². The van der Waals surface area contributed by atoms with Gasteiger partial charge in [0.2, 0.25) is 5.91 Å². The van der Waals surface area contributed by atoms with Gasteiger partial charge in [0.05, 0.1) is 16.8 Å². The van der Waals surface area contributed by atoms with Gasteiger partial charge in [-0.25, -0.2) is 4.98 Å². The van der Waals surface area contributed by atoms with E-state index in [1.807, 2.05) is 48.2 Å². The molecule has 160 valence electrons. The van der Waals surface area contributed by atoms with Crippen molar-refractivity contribution in [2.75, 3.05) is 5.32 Å². The molecule has 1 aliphatic heterocycles. The van der Waals surface area contributed by atoms with E-state index in [4.69, 9.17) is 0 Å². The van der Waals surface area contributed by atoms with Crippen LogP contribution in [0.1, 0.15) is 34.6 Å². The molecule has 0 radical (unpaired) electrons. The quantitative estimate of drug-likeness (QED) is 0.465. The second kappa shape index (κ2) is 7.72. The number of anilines is 1. The van der Waals surface area contributed by atoms with Gasteiger partial charge < -0.3 is 5.32 Å². The van der Waals surface area contributed by atoms with Crippen LogP contribution in [0.5, 0.6) is 0 Å². The summed E-state index contributed by atoms with van der Waals surface area (Å²) < 4.78 is 1.96. The summed E-state index contributed by atoms with van der Waals surface area (Å²) in [6, 6.07) is 13.1. The maximum absolute atomic E-state index is 13.1. The Morgan fingerprint density at radius 2 is 1.66 bits per heavy atom. The molecule has 0 aliphatic carbocycles. The molecular formula is C24H20N4O3S.